The first kappa shape index (κ1) is 19.8. The SMILES string of the molecule is Brc1ccc(N(c2ccccc2)c2cccc(-c3cccc4oc5ccccc5c34)c2)cc1. The fourth-order valence-corrected chi connectivity index (χ4v) is 4.71. The second-order valence-corrected chi connectivity index (χ2v) is 8.89. The predicted molar refractivity (Wildman–Crippen MR) is 142 cm³/mol. The minimum atomic E-state index is 0.909. The summed E-state index contributed by atoms with van der Waals surface area (Å²) in [6.07, 6.45) is 0. The van der Waals surface area contributed by atoms with E-state index >= 15 is 0 Å². The standard InChI is InChI=1S/C30H20BrNO/c31-22-16-18-24(19-17-22)32(23-9-2-1-3-10-23)25-11-6-8-21(20-25)26-13-7-15-29-30(26)27-12-4-5-14-28(27)33-29/h1-20H. The Kier molecular flexibility index (Phi) is 4.97. The highest BCUT2D eigenvalue weighted by Gasteiger charge is 2.15. The zero-order chi connectivity index (χ0) is 22.2. The molecule has 1 heterocycles. The molecule has 0 saturated heterocycles. The zero-order valence-electron chi connectivity index (χ0n) is 17.8. The van der Waals surface area contributed by atoms with Crippen molar-refractivity contribution in [3.63, 3.8) is 0 Å². The molecule has 0 aliphatic rings. The third kappa shape index (κ3) is 3.61. The summed E-state index contributed by atoms with van der Waals surface area (Å²) in [6, 6.07) is 42.1. The minimum Gasteiger partial charge on any atom is -0.456 e. The molecule has 0 amide bonds. The maximum Gasteiger partial charge on any atom is 0.136 e. The molecule has 5 aromatic carbocycles. The molecule has 6 rings (SSSR count). The lowest BCUT2D eigenvalue weighted by atomic mass is 9.98. The molecule has 0 bridgehead atoms. The molecule has 2 nitrogen and oxygen atoms in total. The Morgan fingerprint density at radius 1 is 0.545 bits per heavy atom. The Labute approximate surface area is 200 Å². The summed E-state index contributed by atoms with van der Waals surface area (Å²) in [7, 11) is 0. The molecule has 3 heteroatoms. The van der Waals surface area contributed by atoms with Gasteiger partial charge in [0.05, 0.1) is 0 Å². The highest BCUT2D eigenvalue weighted by Crippen LogP contribution is 2.40. The zero-order valence-corrected chi connectivity index (χ0v) is 19.4. The molecule has 0 unspecified atom stereocenters. The van der Waals surface area contributed by atoms with Crippen molar-refractivity contribution >= 4 is 54.9 Å². The van der Waals surface area contributed by atoms with E-state index < -0.39 is 0 Å². The molecule has 33 heavy (non-hydrogen) atoms. The molecule has 0 spiro atoms. The Hall–Kier alpha value is -3.82. The van der Waals surface area contributed by atoms with Gasteiger partial charge in [0.1, 0.15) is 11.2 Å². The second kappa shape index (κ2) is 8.27. The van der Waals surface area contributed by atoms with Crippen molar-refractivity contribution in [2.24, 2.45) is 0 Å². The molecule has 158 valence electrons. The first-order chi connectivity index (χ1) is 16.3. The van der Waals surface area contributed by atoms with Gasteiger partial charge in [-0.15, -0.1) is 0 Å². The Balaban J connectivity index is 1.55. The lowest BCUT2D eigenvalue weighted by Crippen LogP contribution is -2.09. The van der Waals surface area contributed by atoms with Gasteiger partial charge in [-0.3, -0.25) is 0 Å². The molecular formula is C30H20BrNO. The van der Waals surface area contributed by atoms with Crippen molar-refractivity contribution in [3.8, 4) is 11.1 Å². The number of halogens is 1. The second-order valence-electron chi connectivity index (χ2n) is 7.97. The normalized spacial score (nSPS) is 11.2. The van der Waals surface area contributed by atoms with E-state index in [4.69, 9.17) is 4.42 Å². The van der Waals surface area contributed by atoms with Gasteiger partial charge in [-0.05, 0) is 71.8 Å². The minimum absolute atomic E-state index is 0.909. The van der Waals surface area contributed by atoms with E-state index in [1.807, 2.05) is 24.3 Å². The van der Waals surface area contributed by atoms with Gasteiger partial charge >= 0.3 is 0 Å². The molecule has 0 atom stereocenters. The van der Waals surface area contributed by atoms with Crippen LogP contribution in [0.1, 0.15) is 0 Å². The van der Waals surface area contributed by atoms with Crippen molar-refractivity contribution < 1.29 is 4.42 Å². The van der Waals surface area contributed by atoms with Crippen molar-refractivity contribution in [3.05, 3.63) is 126 Å². The van der Waals surface area contributed by atoms with E-state index in [0.717, 1.165) is 49.0 Å². The Morgan fingerprint density at radius 3 is 2.06 bits per heavy atom. The van der Waals surface area contributed by atoms with Crippen LogP contribution in [0.2, 0.25) is 0 Å². The summed E-state index contributed by atoms with van der Waals surface area (Å²) in [5.74, 6) is 0. The monoisotopic (exact) mass is 489 g/mol. The van der Waals surface area contributed by atoms with E-state index in [9.17, 15) is 0 Å². The molecule has 0 aliphatic heterocycles. The molecule has 6 aromatic rings. The highest BCUT2D eigenvalue weighted by atomic mass is 79.9. The van der Waals surface area contributed by atoms with Crippen molar-refractivity contribution in [1.82, 2.24) is 0 Å². The van der Waals surface area contributed by atoms with Crippen LogP contribution in [0.3, 0.4) is 0 Å². The summed E-state index contributed by atoms with van der Waals surface area (Å²) < 4.78 is 7.19. The Morgan fingerprint density at radius 2 is 1.21 bits per heavy atom. The van der Waals surface area contributed by atoms with Crippen LogP contribution in [0.5, 0.6) is 0 Å². The number of anilines is 3. The van der Waals surface area contributed by atoms with Crippen LogP contribution < -0.4 is 4.90 Å². The van der Waals surface area contributed by atoms with Crippen LogP contribution in [0.4, 0.5) is 17.1 Å². The van der Waals surface area contributed by atoms with Gasteiger partial charge in [0.2, 0.25) is 0 Å². The van der Waals surface area contributed by atoms with E-state index in [-0.39, 0.29) is 0 Å². The van der Waals surface area contributed by atoms with Crippen LogP contribution in [0, 0.1) is 0 Å². The van der Waals surface area contributed by atoms with Gasteiger partial charge in [0, 0.05) is 32.3 Å². The number of para-hydroxylation sites is 2. The van der Waals surface area contributed by atoms with Crippen LogP contribution in [0.15, 0.2) is 130 Å². The summed E-state index contributed by atoms with van der Waals surface area (Å²) in [6.45, 7) is 0. The molecule has 0 fully saturated rings. The van der Waals surface area contributed by atoms with Gasteiger partial charge in [-0.1, -0.05) is 76.6 Å². The van der Waals surface area contributed by atoms with Crippen molar-refractivity contribution in [2.45, 2.75) is 0 Å². The quantitative estimate of drug-likeness (QED) is 0.245. The van der Waals surface area contributed by atoms with Gasteiger partial charge < -0.3 is 9.32 Å². The Bertz CT molecular complexity index is 1570. The number of rotatable bonds is 4. The molecule has 0 saturated carbocycles. The lowest BCUT2D eigenvalue weighted by Gasteiger charge is -2.26. The van der Waals surface area contributed by atoms with Gasteiger partial charge in [-0.25, -0.2) is 0 Å². The summed E-state index contributed by atoms with van der Waals surface area (Å²) in [5.41, 5.74) is 7.47. The smallest absolute Gasteiger partial charge is 0.136 e. The van der Waals surface area contributed by atoms with Crippen molar-refractivity contribution in [2.75, 3.05) is 4.90 Å². The maximum atomic E-state index is 6.13. The van der Waals surface area contributed by atoms with Gasteiger partial charge in [0.25, 0.3) is 0 Å². The maximum absolute atomic E-state index is 6.13. The number of hydrogen-bond donors (Lipinski definition) is 0. The number of hydrogen-bond acceptors (Lipinski definition) is 2. The third-order valence-electron chi connectivity index (χ3n) is 5.92. The van der Waals surface area contributed by atoms with Gasteiger partial charge in [0.15, 0.2) is 0 Å². The van der Waals surface area contributed by atoms with E-state index in [1.165, 1.54) is 5.56 Å². The highest BCUT2D eigenvalue weighted by molar-refractivity contribution is 9.10. The van der Waals surface area contributed by atoms with E-state index in [1.54, 1.807) is 0 Å². The van der Waals surface area contributed by atoms with E-state index in [0.29, 0.717) is 0 Å². The fraction of sp³-hybridized carbons (Fsp3) is 0. The topological polar surface area (TPSA) is 16.4 Å². The average molecular weight is 490 g/mol. The predicted octanol–water partition coefficient (Wildman–Crippen LogP) is 9.49. The number of fused-ring (bicyclic) bond motifs is 3. The number of furan rings is 1. The van der Waals surface area contributed by atoms with Crippen molar-refractivity contribution in [1.29, 1.82) is 0 Å². The molecular weight excluding hydrogens is 470 g/mol. The first-order valence-electron chi connectivity index (χ1n) is 10.9. The number of nitrogens with zero attached hydrogens (tertiary/aromatic N) is 1. The largest absolute Gasteiger partial charge is 0.456 e. The fourth-order valence-electron chi connectivity index (χ4n) is 4.44. The van der Waals surface area contributed by atoms with Crippen LogP contribution >= 0.6 is 15.9 Å². The lowest BCUT2D eigenvalue weighted by molar-refractivity contribution is 0.669. The first-order valence-corrected chi connectivity index (χ1v) is 11.7. The summed E-state index contributed by atoms with van der Waals surface area (Å²) in [5, 5.41) is 2.29. The van der Waals surface area contributed by atoms with Gasteiger partial charge in [-0.2, -0.15) is 0 Å². The van der Waals surface area contributed by atoms with Crippen LogP contribution in [0.25, 0.3) is 33.1 Å². The molecule has 0 N–H and O–H groups in total. The molecule has 0 aliphatic carbocycles. The molecule has 1 aromatic heterocycles. The third-order valence-corrected chi connectivity index (χ3v) is 6.45. The van der Waals surface area contributed by atoms with Crippen LogP contribution in [-0.4, -0.2) is 0 Å². The average Bonchev–Trinajstić information content (AvgIpc) is 3.25. The number of benzene rings is 5. The molecule has 0 radical (unpaired) electrons. The summed E-state index contributed by atoms with van der Waals surface area (Å²) in [4.78, 5) is 2.28. The summed E-state index contributed by atoms with van der Waals surface area (Å²) >= 11 is 3.56. The van der Waals surface area contributed by atoms with E-state index in [2.05, 4.69) is 118 Å². The van der Waals surface area contributed by atoms with Crippen LogP contribution in [-0.2, 0) is 0 Å².